The first kappa shape index (κ1) is 28.1. The Morgan fingerprint density at radius 3 is 1.17 bits per heavy atom. The van der Waals surface area contributed by atoms with Gasteiger partial charge in [-0.15, -0.1) is 0 Å². The van der Waals surface area contributed by atoms with E-state index >= 15 is 0 Å². The van der Waals surface area contributed by atoms with Crippen molar-refractivity contribution in [2.75, 3.05) is 0 Å². The van der Waals surface area contributed by atoms with Crippen LogP contribution in [0.2, 0.25) is 0 Å². The average molecular weight is 664 g/mol. The summed E-state index contributed by atoms with van der Waals surface area (Å²) in [7, 11) is -5.83. The molecule has 3 rings (SSSR count). The summed E-state index contributed by atoms with van der Waals surface area (Å²) in [5, 5.41) is 0. The molecule has 0 spiro atoms. The highest BCUT2D eigenvalue weighted by molar-refractivity contribution is 7.86. The molecule has 0 fully saturated rings. The van der Waals surface area contributed by atoms with E-state index in [1.807, 2.05) is 0 Å². The lowest BCUT2D eigenvalue weighted by Gasteiger charge is -2.11. The molecular weight excluding hydrogens is 656 g/mol. The summed E-state index contributed by atoms with van der Waals surface area (Å²) in [6.07, 6.45) is -9.65. The molecule has 0 heterocycles. The third kappa shape index (κ3) is 5.59. The minimum Gasteiger partial charge on any atom is -0.202 e. The Balaban J connectivity index is 2.16. The second kappa shape index (κ2) is 9.77. The van der Waals surface area contributed by atoms with Gasteiger partial charge in [-0.05, 0) is 51.0 Å². The molecular formula is C20H8F11IO3S+. The molecule has 0 aliphatic heterocycles. The maximum absolute atomic E-state index is 14.1. The van der Waals surface area contributed by atoms with Gasteiger partial charge in [0.2, 0.25) is 5.82 Å². The molecule has 195 valence electrons. The van der Waals surface area contributed by atoms with E-state index in [4.69, 9.17) is 2.51 Å². The fourth-order valence-electron chi connectivity index (χ4n) is 2.62. The predicted molar refractivity (Wildman–Crippen MR) is 94.8 cm³/mol. The summed E-state index contributed by atoms with van der Waals surface area (Å²) >= 11 is -4.21. The molecule has 0 saturated carbocycles. The van der Waals surface area contributed by atoms with Crippen molar-refractivity contribution in [2.24, 2.45) is 0 Å². The van der Waals surface area contributed by atoms with Crippen molar-refractivity contribution in [3.8, 4) is 0 Å². The lowest BCUT2D eigenvalue weighted by atomic mass is 10.2. The van der Waals surface area contributed by atoms with Crippen LogP contribution in [0.3, 0.4) is 0 Å². The summed E-state index contributed by atoms with van der Waals surface area (Å²) in [6, 6.07) is 4.82. The number of halogens is 12. The third-order valence-corrected chi connectivity index (χ3v) is 11.7. The van der Waals surface area contributed by atoms with E-state index in [2.05, 4.69) is 0 Å². The minimum absolute atomic E-state index is 0.320. The molecule has 0 amide bonds. The van der Waals surface area contributed by atoms with Crippen LogP contribution in [0.15, 0.2) is 53.4 Å². The quantitative estimate of drug-likeness (QED) is 0.182. The summed E-state index contributed by atoms with van der Waals surface area (Å²) in [6.45, 7) is 0. The second-order valence-electron chi connectivity index (χ2n) is 6.67. The maximum Gasteiger partial charge on any atom is 0.416 e. The van der Waals surface area contributed by atoms with E-state index in [9.17, 15) is 56.7 Å². The van der Waals surface area contributed by atoms with Crippen LogP contribution in [0.5, 0.6) is 0 Å². The lowest BCUT2D eigenvalue weighted by molar-refractivity contribution is -1.03. The zero-order valence-electron chi connectivity index (χ0n) is 16.8. The van der Waals surface area contributed by atoms with Gasteiger partial charge in [0.25, 0.3) is 0 Å². The zero-order valence-corrected chi connectivity index (χ0v) is 19.8. The highest BCUT2D eigenvalue weighted by Gasteiger charge is 2.44. The highest BCUT2D eigenvalue weighted by Crippen LogP contribution is 2.30. The lowest BCUT2D eigenvalue weighted by Crippen LogP contribution is -3.85. The SMILES string of the molecule is O=S(=O)(O[I+](c1ccc(C(F)(F)F)cc1)c1ccc(C(F)(F)F)cc1)c1c(F)c(F)c(F)c(F)c1F. The molecule has 0 aliphatic rings. The van der Waals surface area contributed by atoms with Gasteiger partial charge < -0.3 is 0 Å². The predicted octanol–water partition coefficient (Wildman–Crippen LogP) is 3.40. The molecule has 0 bridgehead atoms. The van der Waals surface area contributed by atoms with Crippen molar-refractivity contribution >= 4 is 10.1 Å². The van der Waals surface area contributed by atoms with E-state index in [0.29, 0.717) is 24.3 Å². The van der Waals surface area contributed by atoms with Crippen LogP contribution in [-0.2, 0) is 25.0 Å². The van der Waals surface area contributed by atoms with E-state index in [1.54, 1.807) is 0 Å². The van der Waals surface area contributed by atoms with Gasteiger partial charge in [0.1, 0.15) is 0 Å². The van der Waals surface area contributed by atoms with E-state index in [0.717, 1.165) is 24.3 Å². The summed E-state index contributed by atoms with van der Waals surface area (Å²) in [5.74, 6) is -13.4. The summed E-state index contributed by atoms with van der Waals surface area (Å²) in [4.78, 5) is -2.36. The van der Waals surface area contributed by atoms with Gasteiger partial charge in [0.05, 0.1) is 11.1 Å². The fraction of sp³-hybridized carbons (Fsp3) is 0.100. The Kier molecular flexibility index (Phi) is 7.63. The van der Waals surface area contributed by atoms with Gasteiger partial charge in [-0.1, -0.05) is 0 Å². The smallest absolute Gasteiger partial charge is 0.202 e. The summed E-state index contributed by atoms with van der Waals surface area (Å²) < 4.78 is 175. The molecule has 0 unspecified atom stereocenters. The van der Waals surface area contributed by atoms with Crippen LogP contribution in [0.4, 0.5) is 48.3 Å². The van der Waals surface area contributed by atoms with Crippen molar-refractivity contribution in [1.29, 1.82) is 0 Å². The maximum atomic E-state index is 14.1. The Labute approximate surface area is 202 Å². The van der Waals surface area contributed by atoms with Crippen molar-refractivity contribution in [3.63, 3.8) is 0 Å². The van der Waals surface area contributed by atoms with Crippen LogP contribution >= 0.6 is 0 Å². The van der Waals surface area contributed by atoms with Crippen LogP contribution in [0.1, 0.15) is 11.1 Å². The molecule has 16 heteroatoms. The zero-order chi connectivity index (χ0) is 27.2. The van der Waals surface area contributed by atoms with Crippen LogP contribution in [0.25, 0.3) is 0 Å². The molecule has 3 aromatic rings. The Bertz CT molecular complexity index is 1300. The van der Waals surface area contributed by atoms with Crippen molar-refractivity contribution in [3.05, 3.63) is 95.9 Å². The number of alkyl halides is 6. The molecule has 3 aromatic carbocycles. The number of benzene rings is 3. The third-order valence-electron chi connectivity index (χ3n) is 4.30. The number of hydrogen-bond donors (Lipinski definition) is 0. The number of rotatable bonds is 5. The van der Waals surface area contributed by atoms with Gasteiger partial charge in [0.15, 0.2) is 35.3 Å². The standard InChI is InChI=1S/C20H8F11IO3S/c21-13-14(22)16(24)18(17(25)15(13)23)36(33,34)35-32(11-5-1-9(2-6-11)19(26,27)28)12-7-3-10(4-8-12)20(29,30)31/h1-8H/q+1. The second-order valence-corrected chi connectivity index (χ2v) is 13.1. The van der Waals surface area contributed by atoms with Crippen LogP contribution in [-0.4, -0.2) is 8.42 Å². The number of hydrogen-bond acceptors (Lipinski definition) is 3. The van der Waals surface area contributed by atoms with Gasteiger partial charge >= 0.3 is 42.7 Å². The average Bonchev–Trinajstić information content (AvgIpc) is 2.79. The first-order valence-electron chi connectivity index (χ1n) is 8.96. The molecule has 0 atom stereocenters. The normalized spacial score (nSPS) is 12.9. The summed E-state index contributed by atoms with van der Waals surface area (Å²) in [5.41, 5.74) is -2.39. The van der Waals surface area contributed by atoms with E-state index < -0.39 is 87.8 Å². The first-order chi connectivity index (χ1) is 16.4. The van der Waals surface area contributed by atoms with E-state index in [1.165, 1.54) is 0 Å². The van der Waals surface area contributed by atoms with Crippen LogP contribution < -0.4 is 20.2 Å². The van der Waals surface area contributed by atoms with Crippen LogP contribution in [0, 0.1) is 36.2 Å². The highest BCUT2D eigenvalue weighted by atomic mass is 127. The van der Waals surface area contributed by atoms with Gasteiger partial charge in [-0.3, -0.25) is 0 Å². The van der Waals surface area contributed by atoms with Gasteiger partial charge in [-0.25, -0.2) is 22.0 Å². The van der Waals surface area contributed by atoms with Crippen molar-refractivity contribution in [2.45, 2.75) is 17.2 Å². The Morgan fingerprint density at radius 1 is 0.556 bits per heavy atom. The molecule has 1 radical (unpaired) electrons. The fourth-order valence-corrected chi connectivity index (χ4v) is 9.57. The monoisotopic (exact) mass is 664 g/mol. The molecule has 0 aromatic heterocycles. The minimum atomic E-state index is -5.83. The largest absolute Gasteiger partial charge is 0.416 e. The Hall–Kier alpha value is -2.47. The molecule has 3 nitrogen and oxygen atoms in total. The van der Waals surface area contributed by atoms with Gasteiger partial charge in [0, 0.05) is 0 Å². The van der Waals surface area contributed by atoms with E-state index in [-0.39, 0.29) is 7.14 Å². The topological polar surface area (TPSA) is 43.4 Å². The van der Waals surface area contributed by atoms with Crippen molar-refractivity contribution < 1.29 is 79.5 Å². The molecule has 0 aliphatic carbocycles. The molecule has 0 saturated heterocycles. The molecule has 0 N–H and O–H groups in total. The van der Waals surface area contributed by atoms with Gasteiger partial charge in [-0.2, -0.15) is 34.8 Å². The molecule has 36 heavy (non-hydrogen) atoms. The Morgan fingerprint density at radius 2 is 0.861 bits per heavy atom. The first-order valence-corrected chi connectivity index (χ1v) is 13.4. The van der Waals surface area contributed by atoms with Crippen molar-refractivity contribution in [1.82, 2.24) is 0 Å².